The summed E-state index contributed by atoms with van der Waals surface area (Å²) in [5.41, 5.74) is 3.46. The van der Waals surface area contributed by atoms with Gasteiger partial charge in [0.2, 0.25) is 5.95 Å². The van der Waals surface area contributed by atoms with Crippen LogP contribution < -0.4 is 15.1 Å². The second-order valence-electron chi connectivity index (χ2n) is 11.2. The fourth-order valence-corrected chi connectivity index (χ4v) is 5.01. The van der Waals surface area contributed by atoms with E-state index in [0.717, 1.165) is 28.0 Å². The van der Waals surface area contributed by atoms with E-state index < -0.39 is 18.3 Å². The molecule has 0 atom stereocenters. The molecule has 0 radical (unpaired) electrons. The monoisotopic (exact) mass is 540 g/mol. The lowest BCUT2D eigenvalue weighted by atomic mass is 9.79. The molecule has 0 spiro atoms. The van der Waals surface area contributed by atoms with E-state index in [1.165, 1.54) is 0 Å². The van der Waals surface area contributed by atoms with Gasteiger partial charge in [0.05, 0.1) is 22.6 Å². The van der Waals surface area contributed by atoms with Gasteiger partial charge < -0.3 is 14.0 Å². The highest BCUT2D eigenvalue weighted by Crippen LogP contribution is 2.49. The van der Waals surface area contributed by atoms with Crippen molar-refractivity contribution in [2.24, 2.45) is 0 Å². The molecule has 3 heterocycles. The molecule has 7 nitrogen and oxygen atoms in total. The van der Waals surface area contributed by atoms with E-state index in [-0.39, 0.29) is 0 Å². The number of hydrogen-bond donors (Lipinski definition) is 0. The number of ether oxygens (including phenoxy) is 1. The highest BCUT2D eigenvalue weighted by Gasteiger charge is 2.52. The molecule has 5 aromatic rings. The van der Waals surface area contributed by atoms with Gasteiger partial charge in [0.25, 0.3) is 0 Å². The molecule has 41 heavy (non-hydrogen) atoms. The Balaban J connectivity index is 1.38. The average molecular weight is 540 g/mol. The summed E-state index contributed by atoms with van der Waals surface area (Å²) in [5, 5.41) is 0. The second kappa shape index (κ2) is 9.54. The Morgan fingerprint density at radius 1 is 0.585 bits per heavy atom. The highest BCUT2D eigenvalue weighted by molar-refractivity contribution is 6.62. The van der Waals surface area contributed by atoms with Crippen molar-refractivity contribution in [3.63, 3.8) is 0 Å². The summed E-state index contributed by atoms with van der Waals surface area (Å²) in [6.45, 7) is 8.20. The van der Waals surface area contributed by atoms with Crippen LogP contribution >= 0.6 is 0 Å². The Bertz CT molecular complexity index is 1670. The molecule has 8 heteroatoms. The predicted molar refractivity (Wildman–Crippen MR) is 161 cm³/mol. The van der Waals surface area contributed by atoms with E-state index in [0.29, 0.717) is 29.1 Å². The zero-order chi connectivity index (χ0) is 28.2. The molecule has 0 unspecified atom stereocenters. The molecule has 2 aliphatic heterocycles. The maximum Gasteiger partial charge on any atom is 0.494 e. The normalized spacial score (nSPS) is 16.6. The van der Waals surface area contributed by atoms with Crippen molar-refractivity contribution in [3.05, 3.63) is 103 Å². The SMILES string of the molecule is CC1(C)OB(c2ccc3c(c2)Oc2ccccc2N3c2nc(-c3ccccc3)nc(-c3ccccc3)n2)OC1(C)C. The summed E-state index contributed by atoms with van der Waals surface area (Å²) in [5.74, 6) is 3.05. The first-order valence-corrected chi connectivity index (χ1v) is 13.7. The van der Waals surface area contributed by atoms with Crippen LogP contribution in [-0.2, 0) is 9.31 Å². The van der Waals surface area contributed by atoms with Crippen molar-refractivity contribution in [1.82, 2.24) is 15.0 Å². The van der Waals surface area contributed by atoms with E-state index in [1.54, 1.807) is 0 Å². The number of hydrogen-bond acceptors (Lipinski definition) is 7. The summed E-state index contributed by atoms with van der Waals surface area (Å²) in [6, 6.07) is 33.8. The summed E-state index contributed by atoms with van der Waals surface area (Å²) in [4.78, 5) is 16.9. The Labute approximate surface area is 239 Å². The molecule has 1 saturated heterocycles. The van der Waals surface area contributed by atoms with Gasteiger partial charge in [0.15, 0.2) is 23.1 Å². The van der Waals surface area contributed by atoms with Crippen molar-refractivity contribution in [2.75, 3.05) is 4.90 Å². The number of fused-ring (bicyclic) bond motifs is 2. The summed E-state index contributed by atoms with van der Waals surface area (Å²) >= 11 is 0. The fraction of sp³-hybridized carbons (Fsp3) is 0.182. The Kier molecular flexibility index (Phi) is 5.92. The van der Waals surface area contributed by atoms with Gasteiger partial charge in [-0.2, -0.15) is 9.97 Å². The maximum absolute atomic E-state index is 6.44. The van der Waals surface area contributed by atoms with Crippen LogP contribution in [0.15, 0.2) is 103 Å². The molecule has 202 valence electrons. The molecule has 0 saturated carbocycles. The van der Waals surface area contributed by atoms with Gasteiger partial charge in [0.1, 0.15) is 0 Å². The van der Waals surface area contributed by atoms with E-state index in [2.05, 4.69) is 27.7 Å². The molecule has 4 aromatic carbocycles. The minimum Gasteiger partial charge on any atom is -0.453 e. The Hall–Kier alpha value is -4.53. The van der Waals surface area contributed by atoms with Crippen LogP contribution in [0.3, 0.4) is 0 Å². The molecule has 1 fully saturated rings. The molecule has 0 bridgehead atoms. The largest absolute Gasteiger partial charge is 0.494 e. The van der Waals surface area contributed by atoms with Crippen molar-refractivity contribution in [3.8, 4) is 34.3 Å². The van der Waals surface area contributed by atoms with Crippen molar-refractivity contribution < 1.29 is 14.0 Å². The third kappa shape index (κ3) is 4.45. The first-order chi connectivity index (χ1) is 19.8. The lowest BCUT2D eigenvalue weighted by molar-refractivity contribution is 0.00578. The smallest absolute Gasteiger partial charge is 0.453 e. The van der Waals surface area contributed by atoms with Crippen molar-refractivity contribution >= 4 is 29.9 Å². The van der Waals surface area contributed by atoms with Crippen LogP contribution in [0, 0.1) is 0 Å². The number of para-hydroxylation sites is 2. The number of aromatic nitrogens is 3. The Morgan fingerprint density at radius 3 is 1.73 bits per heavy atom. The van der Waals surface area contributed by atoms with Crippen LogP contribution in [0.1, 0.15) is 27.7 Å². The summed E-state index contributed by atoms with van der Waals surface area (Å²) < 4.78 is 19.1. The Morgan fingerprint density at radius 2 is 1.12 bits per heavy atom. The minimum atomic E-state index is -0.508. The van der Waals surface area contributed by atoms with Crippen LogP contribution in [0.2, 0.25) is 0 Å². The van der Waals surface area contributed by atoms with E-state index >= 15 is 0 Å². The minimum absolute atomic E-state index is 0.445. The van der Waals surface area contributed by atoms with E-state index in [9.17, 15) is 0 Å². The second-order valence-corrected chi connectivity index (χ2v) is 11.2. The quantitative estimate of drug-likeness (QED) is 0.221. The third-order valence-electron chi connectivity index (χ3n) is 7.96. The van der Waals surface area contributed by atoms with Gasteiger partial charge in [-0.3, -0.25) is 4.90 Å². The fourth-order valence-electron chi connectivity index (χ4n) is 5.01. The third-order valence-corrected chi connectivity index (χ3v) is 7.96. The van der Waals surface area contributed by atoms with Crippen LogP contribution in [0.25, 0.3) is 22.8 Å². The van der Waals surface area contributed by atoms with Crippen molar-refractivity contribution in [2.45, 2.75) is 38.9 Å². The first kappa shape index (κ1) is 25.4. The van der Waals surface area contributed by atoms with Gasteiger partial charge in [0, 0.05) is 11.1 Å². The summed E-state index contributed by atoms with van der Waals surface area (Å²) in [7, 11) is -0.508. The van der Waals surface area contributed by atoms with Gasteiger partial charge in [-0.15, -0.1) is 0 Å². The molecule has 1 aromatic heterocycles. The van der Waals surface area contributed by atoms with E-state index in [4.69, 9.17) is 29.0 Å². The summed E-state index contributed by atoms with van der Waals surface area (Å²) in [6.07, 6.45) is 0. The van der Waals surface area contributed by atoms with Gasteiger partial charge in [-0.25, -0.2) is 4.98 Å². The van der Waals surface area contributed by atoms with Gasteiger partial charge in [-0.1, -0.05) is 78.9 Å². The predicted octanol–water partition coefficient (Wildman–Crippen LogP) is 7.08. The molecule has 0 amide bonds. The molecule has 0 aliphatic carbocycles. The van der Waals surface area contributed by atoms with Crippen molar-refractivity contribution in [1.29, 1.82) is 0 Å². The molecule has 0 N–H and O–H groups in total. The maximum atomic E-state index is 6.44. The lowest BCUT2D eigenvalue weighted by Gasteiger charge is -2.32. The standard InChI is InChI=1S/C33H29BN4O3/c1-32(2)33(3,4)41-34(40-32)24-19-20-26-28(21-24)39-27-18-12-11-17-25(27)38(26)31-36-29(22-13-7-5-8-14-22)35-30(37-31)23-15-9-6-10-16-23/h5-21H,1-4H3. The van der Waals surface area contributed by atoms with Gasteiger partial charge in [-0.05, 0) is 57.4 Å². The number of anilines is 3. The van der Waals surface area contributed by atoms with Gasteiger partial charge >= 0.3 is 7.12 Å². The lowest BCUT2D eigenvalue weighted by Crippen LogP contribution is -2.41. The molecular formula is C33H29BN4O3. The number of benzene rings is 4. The number of nitrogens with zero attached hydrogens (tertiary/aromatic N) is 4. The average Bonchev–Trinajstić information content (AvgIpc) is 3.22. The molecule has 7 rings (SSSR count). The molecule has 2 aliphatic rings. The molecular weight excluding hydrogens is 511 g/mol. The zero-order valence-corrected chi connectivity index (χ0v) is 23.4. The van der Waals surface area contributed by atoms with Crippen LogP contribution in [-0.4, -0.2) is 33.3 Å². The highest BCUT2D eigenvalue weighted by atomic mass is 16.7. The topological polar surface area (TPSA) is 69.6 Å². The van der Waals surface area contributed by atoms with Crippen LogP contribution in [0.4, 0.5) is 17.3 Å². The van der Waals surface area contributed by atoms with E-state index in [1.807, 2.05) is 108 Å². The first-order valence-electron chi connectivity index (χ1n) is 13.7. The van der Waals surface area contributed by atoms with Crippen LogP contribution in [0.5, 0.6) is 11.5 Å². The zero-order valence-electron chi connectivity index (χ0n) is 23.4. The number of rotatable bonds is 4.